The van der Waals surface area contributed by atoms with E-state index in [0.717, 1.165) is 0 Å². The Morgan fingerprint density at radius 3 is 2.43 bits per heavy atom. The number of hydrogen-bond acceptors (Lipinski definition) is 2. The summed E-state index contributed by atoms with van der Waals surface area (Å²) in [7, 11) is 0. The number of amidine groups is 2. The second-order valence-corrected chi connectivity index (χ2v) is 2.40. The van der Waals surface area contributed by atoms with Gasteiger partial charge in [-0.2, -0.15) is 13.2 Å². The van der Waals surface area contributed by atoms with Crippen molar-refractivity contribution in [2.24, 2.45) is 16.5 Å². The van der Waals surface area contributed by atoms with E-state index in [1.54, 1.807) is 0 Å². The molecule has 0 heterocycles. The fraction of sp³-hybridized carbons (Fsp3) is 0.429. The SMILES string of the molecule is C#CCC(N)C(N)=NC(=N)C(F)(F)F. The lowest BCUT2D eigenvalue weighted by atomic mass is 10.2. The van der Waals surface area contributed by atoms with Crippen molar-refractivity contribution in [1.82, 2.24) is 0 Å². The lowest BCUT2D eigenvalue weighted by Crippen LogP contribution is -2.38. The zero-order valence-electron chi connectivity index (χ0n) is 7.10. The van der Waals surface area contributed by atoms with E-state index in [4.69, 9.17) is 23.3 Å². The summed E-state index contributed by atoms with van der Waals surface area (Å²) in [6.07, 6.45) is 0.0211. The molecule has 0 spiro atoms. The van der Waals surface area contributed by atoms with Gasteiger partial charge in [-0.15, -0.1) is 12.3 Å². The molecule has 0 saturated heterocycles. The number of terminal acetylenes is 1. The third-order valence-electron chi connectivity index (χ3n) is 1.23. The Hall–Kier alpha value is -1.55. The standard InChI is InChI=1S/C7H9F3N4/c1-2-3-4(11)5(12)14-6(13)7(8,9)10/h1,4H,3,11H2,(H3,12,13,14). The molecule has 0 radical (unpaired) electrons. The Balaban J connectivity index is 4.54. The number of rotatable bonds is 2. The second-order valence-electron chi connectivity index (χ2n) is 2.40. The highest BCUT2D eigenvalue weighted by atomic mass is 19.4. The molecule has 1 atom stereocenters. The van der Waals surface area contributed by atoms with Crippen LogP contribution < -0.4 is 11.5 Å². The highest BCUT2D eigenvalue weighted by Gasteiger charge is 2.34. The summed E-state index contributed by atoms with van der Waals surface area (Å²) in [6.45, 7) is 0. The van der Waals surface area contributed by atoms with Crippen LogP contribution in [0.3, 0.4) is 0 Å². The fourth-order valence-electron chi connectivity index (χ4n) is 0.507. The normalized spacial score (nSPS) is 14.6. The quantitative estimate of drug-likeness (QED) is 0.343. The van der Waals surface area contributed by atoms with Crippen molar-refractivity contribution in [2.45, 2.75) is 18.6 Å². The van der Waals surface area contributed by atoms with Gasteiger partial charge in [-0.25, -0.2) is 4.99 Å². The molecule has 0 saturated carbocycles. The maximum absolute atomic E-state index is 11.8. The summed E-state index contributed by atoms with van der Waals surface area (Å²) >= 11 is 0. The summed E-state index contributed by atoms with van der Waals surface area (Å²) in [5.41, 5.74) is 10.3. The second kappa shape index (κ2) is 4.62. The van der Waals surface area contributed by atoms with Gasteiger partial charge in [0, 0.05) is 6.42 Å². The Labute approximate surface area is 78.7 Å². The first kappa shape index (κ1) is 12.4. The minimum Gasteiger partial charge on any atom is -0.386 e. The van der Waals surface area contributed by atoms with Crippen molar-refractivity contribution in [3.63, 3.8) is 0 Å². The predicted molar refractivity (Wildman–Crippen MR) is 46.8 cm³/mol. The fourth-order valence-corrected chi connectivity index (χ4v) is 0.507. The Morgan fingerprint density at radius 1 is 1.57 bits per heavy atom. The van der Waals surface area contributed by atoms with Gasteiger partial charge in [-0.05, 0) is 0 Å². The molecule has 0 aliphatic carbocycles. The first-order chi connectivity index (χ1) is 6.29. The van der Waals surface area contributed by atoms with Gasteiger partial charge in [0.2, 0.25) is 5.84 Å². The number of nitrogens with zero attached hydrogens (tertiary/aromatic N) is 1. The Bertz CT molecular complexity index is 286. The van der Waals surface area contributed by atoms with Crippen LogP contribution in [-0.2, 0) is 0 Å². The molecular formula is C7H9F3N4. The molecule has 0 aliphatic rings. The molecule has 0 aromatic heterocycles. The van der Waals surface area contributed by atoms with Crippen LogP contribution in [0.25, 0.3) is 0 Å². The van der Waals surface area contributed by atoms with Crippen LogP contribution in [0.15, 0.2) is 4.99 Å². The molecule has 78 valence electrons. The van der Waals surface area contributed by atoms with E-state index in [1.165, 1.54) is 0 Å². The maximum Gasteiger partial charge on any atom is 0.450 e. The Morgan fingerprint density at radius 2 is 2.07 bits per heavy atom. The lowest BCUT2D eigenvalue weighted by Gasteiger charge is -2.08. The molecule has 4 nitrogen and oxygen atoms in total. The summed E-state index contributed by atoms with van der Waals surface area (Å²) in [6, 6.07) is -0.956. The molecule has 0 aromatic carbocycles. The summed E-state index contributed by atoms with van der Waals surface area (Å²) in [5, 5.41) is 6.50. The number of hydrogen-bond donors (Lipinski definition) is 3. The minimum absolute atomic E-state index is 0.0273. The van der Waals surface area contributed by atoms with Gasteiger partial charge >= 0.3 is 6.18 Å². The first-order valence-electron chi connectivity index (χ1n) is 3.48. The highest BCUT2D eigenvalue weighted by molar-refractivity contribution is 5.99. The third kappa shape index (κ3) is 3.91. The summed E-state index contributed by atoms with van der Waals surface area (Å²) < 4.78 is 35.4. The molecule has 0 amide bonds. The van der Waals surface area contributed by atoms with E-state index in [1.807, 2.05) is 0 Å². The van der Waals surface area contributed by atoms with Crippen molar-refractivity contribution >= 4 is 11.7 Å². The first-order valence-corrected chi connectivity index (χ1v) is 3.48. The average Bonchev–Trinajstić information content (AvgIpc) is 2.02. The van der Waals surface area contributed by atoms with E-state index in [2.05, 4.69) is 10.9 Å². The van der Waals surface area contributed by atoms with Crippen LogP contribution in [0.1, 0.15) is 6.42 Å². The van der Waals surface area contributed by atoms with Crippen LogP contribution in [-0.4, -0.2) is 23.9 Å². The molecule has 5 N–H and O–H groups in total. The molecular weight excluding hydrogens is 197 g/mol. The zero-order chi connectivity index (χ0) is 11.4. The topological polar surface area (TPSA) is 88.2 Å². The Kier molecular flexibility index (Phi) is 4.11. The molecule has 0 aliphatic heterocycles. The van der Waals surface area contributed by atoms with Crippen LogP contribution in [0.2, 0.25) is 0 Å². The van der Waals surface area contributed by atoms with Crippen molar-refractivity contribution in [3.8, 4) is 12.3 Å². The van der Waals surface area contributed by atoms with Gasteiger partial charge in [-0.3, -0.25) is 5.41 Å². The van der Waals surface area contributed by atoms with E-state index < -0.39 is 23.9 Å². The lowest BCUT2D eigenvalue weighted by molar-refractivity contribution is -0.0604. The molecule has 14 heavy (non-hydrogen) atoms. The summed E-state index contributed by atoms with van der Waals surface area (Å²) in [5.74, 6) is -0.162. The molecule has 0 fully saturated rings. The van der Waals surface area contributed by atoms with Crippen LogP contribution >= 0.6 is 0 Å². The van der Waals surface area contributed by atoms with Gasteiger partial charge in [-0.1, -0.05) is 0 Å². The molecule has 1 unspecified atom stereocenters. The van der Waals surface area contributed by atoms with Gasteiger partial charge in [0.1, 0.15) is 5.84 Å². The van der Waals surface area contributed by atoms with Crippen molar-refractivity contribution in [1.29, 1.82) is 5.41 Å². The van der Waals surface area contributed by atoms with Gasteiger partial charge in [0.05, 0.1) is 6.04 Å². The van der Waals surface area contributed by atoms with E-state index in [0.29, 0.717) is 0 Å². The van der Waals surface area contributed by atoms with Crippen molar-refractivity contribution in [3.05, 3.63) is 0 Å². The molecule has 7 heteroatoms. The van der Waals surface area contributed by atoms with Gasteiger partial charge in [0.15, 0.2) is 0 Å². The maximum atomic E-state index is 11.8. The van der Waals surface area contributed by atoms with Crippen molar-refractivity contribution < 1.29 is 13.2 Å². The van der Waals surface area contributed by atoms with E-state index >= 15 is 0 Å². The van der Waals surface area contributed by atoms with E-state index in [-0.39, 0.29) is 6.42 Å². The van der Waals surface area contributed by atoms with Crippen LogP contribution in [0, 0.1) is 17.8 Å². The predicted octanol–water partition coefficient (Wildman–Crippen LogP) is 0.234. The number of alkyl halides is 3. The largest absolute Gasteiger partial charge is 0.450 e. The number of halogens is 3. The van der Waals surface area contributed by atoms with Gasteiger partial charge < -0.3 is 11.5 Å². The number of nitrogens with one attached hydrogen (secondary N) is 1. The highest BCUT2D eigenvalue weighted by Crippen LogP contribution is 2.16. The average molecular weight is 206 g/mol. The zero-order valence-corrected chi connectivity index (χ0v) is 7.10. The van der Waals surface area contributed by atoms with Gasteiger partial charge in [0.25, 0.3) is 0 Å². The third-order valence-corrected chi connectivity index (χ3v) is 1.23. The van der Waals surface area contributed by atoms with Crippen molar-refractivity contribution in [2.75, 3.05) is 0 Å². The van der Waals surface area contributed by atoms with Crippen LogP contribution in [0.4, 0.5) is 13.2 Å². The van der Waals surface area contributed by atoms with Crippen LogP contribution in [0.5, 0.6) is 0 Å². The van der Waals surface area contributed by atoms with E-state index in [9.17, 15) is 13.2 Å². The molecule has 0 rings (SSSR count). The number of aliphatic imine (C=N–C) groups is 1. The number of nitrogens with two attached hydrogens (primary N) is 2. The minimum atomic E-state index is -4.82. The monoisotopic (exact) mass is 206 g/mol. The molecule has 0 aromatic rings. The summed E-state index contributed by atoms with van der Waals surface area (Å²) in [4.78, 5) is 2.80. The molecule has 0 bridgehead atoms. The smallest absolute Gasteiger partial charge is 0.386 e.